The lowest BCUT2D eigenvalue weighted by Gasteiger charge is -2.10. The summed E-state index contributed by atoms with van der Waals surface area (Å²) in [5.41, 5.74) is 1.59. The first-order valence-corrected chi connectivity index (χ1v) is 5.57. The van der Waals surface area contributed by atoms with Gasteiger partial charge in [0.2, 0.25) is 0 Å². The van der Waals surface area contributed by atoms with Crippen molar-refractivity contribution in [2.24, 2.45) is 0 Å². The van der Waals surface area contributed by atoms with Crippen molar-refractivity contribution in [2.45, 2.75) is 33.1 Å². The third-order valence-corrected chi connectivity index (χ3v) is 2.79. The Morgan fingerprint density at radius 2 is 1.82 bits per heavy atom. The van der Waals surface area contributed by atoms with E-state index in [0.29, 0.717) is 12.0 Å². The zero-order chi connectivity index (χ0) is 13.0. The van der Waals surface area contributed by atoms with Crippen molar-refractivity contribution >= 4 is 11.9 Å². The molecule has 0 aromatic heterocycles. The van der Waals surface area contributed by atoms with E-state index in [1.807, 2.05) is 6.92 Å². The van der Waals surface area contributed by atoms with Crippen molar-refractivity contribution in [3.63, 3.8) is 0 Å². The van der Waals surface area contributed by atoms with Crippen LogP contribution in [0.3, 0.4) is 0 Å². The van der Waals surface area contributed by atoms with Crippen molar-refractivity contribution in [3.05, 3.63) is 34.4 Å². The highest BCUT2D eigenvalue weighted by molar-refractivity contribution is 5.95. The normalized spacial score (nSPS) is 10.2. The standard InChI is InChI=1S/C13H16O4/c1-3-4-5-9-6-10(12(14)15)7-11(8(9)2)13(16)17/h6-7H,3-5H2,1-2H3,(H,14,15)(H,16,17). The molecular weight excluding hydrogens is 220 g/mol. The Morgan fingerprint density at radius 3 is 2.29 bits per heavy atom. The molecule has 17 heavy (non-hydrogen) atoms. The van der Waals surface area contributed by atoms with E-state index in [4.69, 9.17) is 10.2 Å². The second-order valence-electron chi connectivity index (χ2n) is 4.02. The Labute approximate surface area is 99.9 Å². The number of aryl methyl sites for hydroxylation is 1. The molecule has 0 saturated heterocycles. The summed E-state index contributed by atoms with van der Waals surface area (Å²) in [6, 6.07) is 2.79. The van der Waals surface area contributed by atoms with Gasteiger partial charge in [-0.3, -0.25) is 0 Å². The van der Waals surface area contributed by atoms with E-state index in [-0.39, 0.29) is 11.1 Å². The SMILES string of the molecule is CCCCc1cc(C(=O)O)cc(C(=O)O)c1C. The second kappa shape index (κ2) is 5.48. The summed E-state index contributed by atoms with van der Waals surface area (Å²) in [7, 11) is 0. The largest absolute Gasteiger partial charge is 0.478 e. The Kier molecular flexibility index (Phi) is 4.26. The summed E-state index contributed by atoms with van der Waals surface area (Å²) in [5, 5.41) is 18.0. The van der Waals surface area contributed by atoms with Crippen LogP contribution in [0.5, 0.6) is 0 Å². The third-order valence-electron chi connectivity index (χ3n) is 2.79. The minimum atomic E-state index is -1.09. The number of hydrogen-bond donors (Lipinski definition) is 2. The quantitative estimate of drug-likeness (QED) is 0.824. The van der Waals surface area contributed by atoms with Gasteiger partial charge in [0, 0.05) is 0 Å². The Bertz CT molecular complexity index is 449. The van der Waals surface area contributed by atoms with Gasteiger partial charge >= 0.3 is 11.9 Å². The molecule has 0 radical (unpaired) electrons. The molecule has 4 nitrogen and oxygen atoms in total. The van der Waals surface area contributed by atoms with Gasteiger partial charge in [0.25, 0.3) is 0 Å². The summed E-state index contributed by atoms with van der Waals surface area (Å²) < 4.78 is 0. The van der Waals surface area contributed by atoms with Gasteiger partial charge in [-0.15, -0.1) is 0 Å². The number of carbonyl (C=O) groups is 2. The second-order valence-corrected chi connectivity index (χ2v) is 4.02. The highest BCUT2D eigenvalue weighted by Gasteiger charge is 2.15. The van der Waals surface area contributed by atoms with Crippen LogP contribution in [0.15, 0.2) is 12.1 Å². The monoisotopic (exact) mass is 236 g/mol. The molecule has 1 aromatic rings. The van der Waals surface area contributed by atoms with Crippen LogP contribution in [-0.4, -0.2) is 22.2 Å². The van der Waals surface area contributed by atoms with E-state index < -0.39 is 11.9 Å². The lowest BCUT2D eigenvalue weighted by atomic mass is 9.95. The molecule has 1 rings (SSSR count). The number of hydrogen-bond acceptors (Lipinski definition) is 2. The van der Waals surface area contributed by atoms with Gasteiger partial charge in [-0.1, -0.05) is 13.3 Å². The fraction of sp³-hybridized carbons (Fsp3) is 0.385. The Morgan fingerprint density at radius 1 is 1.18 bits per heavy atom. The molecule has 92 valence electrons. The topological polar surface area (TPSA) is 74.6 Å². The molecule has 0 amide bonds. The summed E-state index contributed by atoms with van der Waals surface area (Å²) in [4.78, 5) is 21.9. The fourth-order valence-electron chi connectivity index (χ4n) is 1.75. The lowest BCUT2D eigenvalue weighted by Crippen LogP contribution is -2.07. The maximum Gasteiger partial charge on any atom is 0.335 e. The third kappa shape index (κ3) is 3.06. The van der Waals surface area contributed by atoms with E-state index in [0.717, 1.165) is 18.4 Å². The number of carboxylic acid groups (broad SMARTS) is 2. The Balaban J connectivity index is 3.27. The van der Waals surface area contributed by atoms with Gasteiger partial charge in [-0.05, 0) is 43.0 Å². The number of unbranched alkanes of at least 4 members (excludes halogenated alkanes) is 1. The molecule has 1 aromatic carbocycles. The van der Waals surface area contributed by atoms with Crippen LogP contribution in [-0.2, 0) is 6.42 Å². The van der Waals surface area contributed by atoms with Crippen LogP contribution in [0.25, 0.3) is 0 Å². The fourth-order valence-corrected chi connectivity index (χ4v) is 1.75. The van der Waals surface area contributed by atoms with Crippen LogP contribution in [0.1, 0.15) is 51.6 Å². The summed E-state index contributed by atoms with van der Waals surface area (Å²) >= 11 is 0. The molecule has 0 aliphatic heterocycles. The molecule has 0 spiro atoms. The summed E-state index contributed by atoms with van der Waals surface area (Å²) in [6.45, 7) is 3.76. The molecule has 0 saturated carbocycles. The predicted octanol–water partition coefficient (Wildman–Crippen LogP) is 2.73. The van der Waals surface area contributed by atoms with Gasteiger partial charge in [0.15, 0.2) is 0 Å². The van der Waals surface area contributed by atoms with E-state index in [1.54, 1.807) is 13.0 Å². The molecule has 2 N–H and O–H groups in total. The highest BCUT2D eigenvalue weighted by Crippen LogP contribution is 2.19. The van der Waals surface area contributed by atoms with Crippen LogP contribution in [0.4, 0.5) is 0 Å². The zero-order valence-corrected chi connectivity index (χ0v) is 9.99. The molecule has 0 atom stereocenters. The van der Waals surface area contributed by atoms with Gasteiger partial charge in [0.05, 0.1) is 11.1 Å². The minimum absolute atomic E-state index is 0.0408. The molecule has 0 unspecified atom stereocenters. The lowest BCUT2D eigenvalue weighted by molar-refractivity contribution is 0.0695. The van der Waals surface area contributed by atoms with E-state index in [2.05, 4.69) is 0 Å². The molecule has 0 aliphatic rings. The molecule has 4 heteroatoms. The van der Waals surface area contributed by atoms with Crippen molar-refractivity contribution in [3.8, 4) is 0 Å². The molecule has 0 fully saturated rings. The predicted molar refractivity (Wildman–Crippen MR) is 63.7 cm³/mol. The van der Waals surface area contributed by atoms with Crippen molar-refractivity contribution < 1.29 is 19.8 Å². The number of rotatable bonds is 5. The Hall–Kier alpha value is -1.84. The van der Waals surface area contributed by atoms with Gasteiger partial charge in [0.1, 0.15) is 0 Å². The average Bonchev–Trinajstić information content (AvgIpc) is 2.26. The first-order valence-electron chi connectivity index (χ1n) is 5.57. The number of aromatic carboxylic acids is 2. The maximum atomic E-state index is 11.0. The van der Waals surface area contributed by atoms with E-state index in [9.17, 15) is 9.59 Å². The van der Waals surface area contributed by atoms with Gasteiger partial charge in [-0.25, -0.2) is 9.59 Å². The van der Waals surface area contributed by atoms with Crippen LogP contribution >= 0.6 is 0 Å². The highest BCUT2D eigenvalue weighted by atomic mass is 16.4. The van der Waals surface area contributed by atoms with Crippen LogP contribution < -0.4 is 0 Å². The molecule has 0 aliphatic carbocycles. The van der Waals surface area contributed by atoms with Gasteiger partial charge < -0.3 is 10.2 Å². The van der Waals surface area contributed by atoms with Crippen molar-refractivity contribution in [1.29, 1.82) is 0 Å². The summed E-state index contributed by atoms with van der Waals surface area (Å²) in [5.74, 6) is -2.17. The van der Waals surface area contributed by atoms with E-state index in [1.165, 1.54) is 6.07 Å². The minimum Gasteiger partial charge on any atom is -0.478 e. The maximum absolute atomic E-state index is 11.0. The van der Waals surface area contributed by atoms with Crippen LogP contribution in [0.2, 0.25) is 0 Å². The van der Waals surface area contributed by atoms with Crippen LogP contribution in [0, 0.1) is 6.92 Å². The summed E-state index contributed by atoms with van der Waals surface area (Å²) in [6.07, 6.45) is 2.62. The molecule has 0 heterocycles. The first kappa shape index (κ1) is 13.2. The van der Waals surface area contributed by atoms with Crippen molar-refractivity contribution in [2.75, 3.05) is 0 Å². The number of benzene rings is 1. The smallest absolute Gasteiger partial charge is 0.335 e. The average molecular weight is 236 g/mol. The molecular formula is C13H16O4. The zero-order valence-electron chi connectivity index (χ0n) is 9.99. The van der Waals surface area contributed by atoms with Gasteiger partial charge in [-0.2, -0.15) is 0 Å². The first-order chi connectivity index (χ1) is 7.97. The van der Waals surface area contributed by atoms with E-state index >= 15 is 0 Å². The van der Waals surface area contributed by atoms with Crippen molar-refractivity contribution in [1.82, 2.24) is 0 Å². The molecule has 0 bridgehead atoms. The number of carboxylic acids is 2.